The van der Waals surface area contributed by atoms with Crippen molar-refractivity contribution in [3.63, 3.8) is 0 Å². The number of nitrogens with zero attached hydrogens (tertiary/aromatic N) is 1. The van der Waals surface area contributed by atoms with Crippen LogP contribution in [0.4, 0.5) is 4.39 Å². The van der Waals surface area contributed by atoms with Gasteiger partial charge in [0.25, 0.3) is 10.0 Å². The lowest BCUT2D eigenvalue weighted by Crippen LogP contribution is -2.40. The van der Waals surface area contributed by atoms with Crippen molar-refractivity contribution in [3.8, 4) is 0 Å². The number of halogens is 1. The van der Waals surface area contributed by atoms with Gasteiger partial charge in [-0.05, 0) is 38.4 Å². The minimum Gasteiger partial charge on any atom is -0.305 e. The summed E-state index contributed by atoms with van der Waals surface area (Å²) in [4.78, 5) is 2.07. The second-order valence-corrected chi connectivity index (χ2v) is 7.52. The van der Waals surface area contributed by atoms with Crippen LogP contribution in [0.5, 0.6) is 0 Å². The molecule has 0 aromatic carbocycles. The molecule has 0 saturated heterocycles. The topological polar surface area (TPSA) is 49.4 Å². The minimum atomic E-state index is -3.75. The standard InChI is InChI=1S/C12H21FN2O2S2/c1-4-5-7-15(3)9-10(2)14-19(16,17)12-11(13)6-8-18-12/h6,8,10,14H,4-5,7,9H2,1-3H3. The van der Waals surface area contributed by atoms with E-state index in [-0.39, 0.29) is 10.3 Å². The number of hydrogen-bond donors (Lipinski definition) is 1. The fraction of sp³-hybridized carbons (Fsp3) is 0.667. The van der Waals surface area contributed by atoms with Gasteiger partial charge in [-0.25, -0.2) is 17.5 Å². The number of thiophene rings is 1. The number of unbranched alkanes of at least 4 members (excludes halogenated alkanes) is 1. The summed E-state index contributed by atoms with van der Waals surface area (Å²) in [5.74, 6) is -0.691. The molecule has 1 aromatic rings. The van der Waals surface area contributed by atoms with Gasteiger partial charge in [0, 0.05) is 12.6 Å². The summed E-state index contributed by atoms with van der Waals surface area (Å²) in [5, 5.41) is 1.43. The second-order valence-electron chi connectivity index (χ2n) is 4.69. The van der Waals surface area contributed by atoms with Crippen molar-refractivity contribution in [2.45, 2.75) is 36.9 Å². The van der Waals surface area contributed by atoms with E-state index in [9.17, 15) is 12.8 Å². The van der Waals surface area contributed by atoms with Crippen molar-refractivity contribution in [3.05, 3.63) is 17.3 Å². The molecule has 0 amide bonds. The second kappa shape index (κ2) is 7.33. The first-order valence-electron chi connectivity index (χ1n) is 6.30. The Hall–Kier alpha value is -0.500. The van der Waals surface area contributed by atoms with E-state index < -0.39 is 15.8 Å². The number of likely N-dealkylation sites (N-methyl/N-ethyl adjacent to an activating group) is 1. The molecule has 0 bridgehead atoms. The number of sulfonamides is 1. The van der Waals surface area contributed by atoms with Crippen LogP contribution in [-0.2, 0) is 10.0 Å². The molecule has 4 nitrogen and oxygen atoms in total. The normalized spacial score (nSPS) is 13.9. The van der Waals surface area contributed by atoms with Gasteiger partial charge in [-0.1, -0.05) is 13.3 Å². The van der Waals surface area contributed by atoms with Gasteiger partial charge in [-0.2, -0.15) is 0 Å². The predicted molar refractivity (Wildman–Crippen MR) is 76.5 cm³/mol. The van der Waals surface area contributed by atoms with Gasteiger partial charge in [-0.3, -0.25) is 0 Å². The van der Waals surface area contributed by atoms with Crippen molar-refractivity contribution >= 4 is 21.4 Å². The molecule has 0 fully saturated rings. The van der Waals surface area contributed by atoms with Gasteiger partial charge in [0.15, 0.2) is 10.0 Å². The van der Waals surface area contributed by atoms with Gasteiger partial charge >= 0.3 is 0 Å². The average Bonchev–Trinajstić information content (AvgIpc) is 2.72. The van der Waals surface area contributed by atoms with Crippen LogP contribution in [0.2, 0.25) is 0 Å². The molecule has 0 spiro atoms. The third kappa shape index (κ3) is 5.18. The molecule has 0 aliphatic carbocycles. The summed E-state index contributed by atoms with van der Waals surface area (Å²) in [5.41, 5.74) is 0. The number of rotatable bonds is 8. The maximum absolute atomic E-state index is 13.3. The lowest BCUT2D eigenvalue weighted by atomic mass is 10.3. The Labute approximate surface area is 118 Å². The monoisotopic (exact) mass is 308 g/mol. The van der Waals surface area contributed by atoms with Crippen LogP contribution in [-0.4, -0.2) is 39.5 Å². The van der Waals surface area contributed by atoms with E-state index in [4.69, 9.17) is 0 Å². The zero-order valence-electron chi connectivity index (χ0n) is 11.5. The lowest BCUT2D eigenvalue weighted by molar-refractivity contribution is 0.304. The molecule has 1 unspecified atom stereocenters. The average molecular weight is 308 g/mol. The molecule has 0 aliphatic rings. The minimum absolute atomic E-state index is 0.240. The first-order valence-corrected chi connectivity index (χ1v) is 8.67. The summed E-state index contributed by atoms with van der Waals surface area (Å²) >= 11 is 0.892. The molecule has 1 rings (SSSR count). The van der Waals surface area contributed by atoms with Crippen LogP contribution in [0.15, 0.2) is 15.7 Å². The van der Waals surface area contributed by atoms with E-state index in [0.29, 0.717) is 6.54 Å². The van der Waals surface area contributed by atoms with Crippen LogP contribution in [0, 0.1) is 5.82 Å². The molecule has 1 heterocycles. The Morgan fingerprint density at radius 3 is 2.74 bits per heavy atom. The number of hydrogen-bond acceptors (Lipinski definition) is 4. The van der Waals surface area contributed by atoms with Crippen molar-refractivity contribution in [2.75, 3.05) is 20.1 Å². The van der Waals surface area contributed by atoms with E-state index in [1.54, 1.807) is 6.92 Å². The highest BCUT2D eigenvalue weighted by atomic mass is 32.2. The van der Waals surface area contributed by atoms with Crippen molar-refractivity contribution in [1.82, 2.24) is 9.62 Å². The maximum Gasteiger partial charge on any atom is 0.253 e. The number of nitrogens with one attached hydrogen (secondary N) is 1. The Morgan fingerprint density at radius 1 is 1.53 bits per heavy atom. The molecule has 0 radical (unpaired) electrons. The molecular formula is C12H21FN2O2S2. The van der Waals surface area contributed by atoms with Crippen molar-refractivity contribution < 1.29 is 12.8 Å². The smallest absolute Gasteiger partial charge is 0.253 e. The molecule has 1 atom stereocenters. The van der Waals surface area contributed by atoms with E-state index in [0.717, 1.165) is 36.8 Å². The summed E-state index contributed by atoms with van der Waals surface area (Å²) < 4.78 is 39.5. The fourth-order valence-corrected chi connectivity index (χ4v) is 4.16. The highest BCUT2D eigenvalue weighted by Gasteiger charge is 2.23. The van der Waals surface area contributed by atoms with Crippen molar-refractivity contribution in [1.29, 1.82) is 0 Å². The molecule has 1 N–H and O–H groups in total. The molecule has 7 heteroatoms. The first kappa shape index (κ1) is 16.6. The van der Waals surface area contributed by atoms with Crippen molar-refractivity contribution in [2.24, 2.45) is 0 Å². The van der Waals surface area contributed by atoms with Gasteiger partial charge < -0.3 is 4.90 Å². The van der Waals surface area contributed by atoms with E-state index in [2.05, 4.69) is 16.5 Å². The first-order chi connectivity index (χ1) is 8.86. The molecular weight excluding hydrogens is 287 g/mol. The molecule has 1 aromatic heterocycles. The van der Waals surface area contributed by atoms with Crippen LogP contribution < -0.4 is 4.72 Å². The van der Waals surface area contributed by atoms with E-state index in [1.165, 1.54) is 5.38 Å². The Balaban J connectivity index is 2.57. The summed E-state index contributed by atoms with van der Waals surface area (Å²) in [7, 11) is -1.80. The van der Waals surface area contributed by atoms with Crippen LogP contribution >= 0.6 is 11.3 Å². The Kier molecular flexibility index (Phi) is 6.38. The SMILES string of the molecule is CCCCN(C)CC(C)NS(=O)(=O)c1sccc1F. The van der Waals surface area contributed by atoms with E-state index in [1.807, 2.05) is 7.05 Å². The summed E-state index contributed by atoms with van der Waals surface area (Å²) in [6.07, 6.45) is 2.18. The van der Waals surface area contributed by atoms with E-state index >= 15 is 0 Å². The Bertz CT molecular complexity index is 488. The van der Waals surface area contributed by atoms with Crippen LogP contribution in [0.3, 0.4) is 0 Å². The summed E-state index contributed by atoms with van der Waals surface area (Å²) in [6, 6.07) is 0.908. The zero-order chi connectivity index (χ0) is 14.5. The Morgan fingerprint density at radius 2 is 2.21 bits per heavy atom. The highest BCUT2D eigenvalue weighted by Crippen LogP contribution is 2.20. The third-order valence-corrected chi connectivity index (χ3v) is 5.69. The van der Waals surface area contributed by atoms with Crippen LogP contribution in [0.25, 0.3) is 0 Å². The van der Waals surface area contributed by atoms with Gasteiger partial charge in [-0.15, -0.1) is 11.3 Å². The molecule has 110 valence electrons. The van der Waals surface area contributed by atoms with Crippen LogP contribution in [0.1, 0.15) is 26.7 Å². The molecule has 19 heavy (non-hydrogen) atoms. The largest absolute Gasteiger partial charge is 0.305 e. The quantitative estimate of drug-likeness (QED) is 0.801. The predicted octanol–water partition coefficient (Wildman–Crippen LogP) is 2.29. The third-order valence-electron chi connectivity index (χ3n) is 2.66. The fourth-order valence-electron chi connectivity index (χ4n) is 1.81. The summed E-state index contributed by atoms with van der Waals surface area (Å²) in [6.45, 7) is 5.42. The molecule has 0 aliphatic heterocycles. The maximum atomic E-state index is 13.3. The van der Waals surface area contributed by atoms with Gasteiger partial charge in [0.2, 0.25) is 0 Å². The van der Waals surface area contributed by atoms with Gasteiger partial charge in [0.1, 0.15) is 0 Å². The molecule has 0 saturated carbocycles. The van der Waals surface area contributed by atoms with Gasteiger partial charge in [0.05, 0.1) is 0 Å². The zero-order valence-corrected chi connectivity index (χ0v) is 13.2. The highest BCUT2D eigenvalue weighted by molar-refractivity contribution is 7.91. The lowest BCUT2D eigenvalue weighted by Gasteiger charge is -2.21.